The average molecular weight is 358 g/mol. The monoisotopic (exact) mass is 357 g/mol. The molecule has 0 spiro atoms. The summed E-state index contributed by atoms with van der Waals surface area (Å²) in [7, 11) is 0. The molecule has 1 atom stereocenters. The molecule has 3 amide bonds. The van der Waals surface area contributed by atoms with E-state index in [0.29, 0.717) is 12.1 Å². The molecule has 0 aliphatic rings. The Hall–Kier alpha value is -3.04. The third-order valence-electron chi connectivity index (χ3n) is 3.27. The van der Waals surface area contributed by atoms with Gasteiger partial charge in [-0.15, -0.1) is 0 Å². The highest BCUT2D eigenvalue weighted by molar-refractivity contribution is 6.32. The SMILES string of the molecule is C[C@@H](Oc1ccc(C#N)cc1Cl)C(=O)NC(=O)NCc1ccccc1. The van der Waals surface area contributed by atoms with Crippen molar-refractivity contribution in [1.82, 2.24) is 10.6 Å². The third kappa shape index (κ3) is 5.52. The largest absolute Gasteiger partial charge is 0.479 e. The van der Waals surface area contributed by atoms with E-state index in [2.05, 4.69) is 10.6 Å². The third-order valence-corrected chi connectivity index (χ3v) is 3.56. The lowest BCUT2D eigenvalue weighted by atomic mass is 10.2. The highest BCUT2D eigenvalue weighted by Gasteiger charge is 2.18. The smallest absolute Gasteiger partial charge is 0.321 e. The van der Waals surface area contributed by atoms with Crippen LogP contribution in [0.2, 0.25) is 5.02 Å². The van der Waals surface area contributed by atoms with Crippen LogP contribution in [0.25, 0.3) is 0 Å². The summed E-state index contributed by atoms with van der Waals surface area (Å²) in [4.78, 5) is 23.8. The van der Waals surface area contributed by atoms with Crippen LogP contribution in [0.15, 0.2) is 48.5 Å². The van der Waals surface area contributed by atoms with Gasteiger partial charge in [0.2, 0.25) is 0 Å². The Morgan fingerprint density at radius 3 is 2.60 bits per heavy atom. The van der Waals surface area contributed by atoms with E-state index >= 15 is 0 Å². The Morgan fingerprint density at radius 2 is 1.96 bits per heavy atom. The van der Waals surface area contributed by atoms with Gasteiger partial charge < -0.3 is 10.1 Å². The van der Waals surface area contributed by atoms with E-state index in [1.165, 1.54) is 25.1 Å². The molecule has 0 aromatic heterocycles. The lowest BCUT2D eigenvalue weighted by molar-refractivity contribution is -0.126. The van der Waals surface area contributed by atoms with Crippen molar-refractivity contribution in [3.05, 3.63) is 64.7 Å². The zero-order chi connectivity index (χ0) is 18.2. The molecule has 0 unspecified atom stereocenters. The maximum absolute atomic E-state index is 12.0. The minimum absolute atomic E-state index is 0.215. The van der Waals surface area contributed by atoms with Crippen molar-refractivity contribution in [2.75, 3.05) is 0 Å². The highest BCUT2D eigenvalue weighted by Crippen LogP contribution is 2.26. The Morgan fingerprint density at radius 1 is 1.24 bits per heavy atom. The standard InChI is InChI=1S/C18H16ClN3O3/c1-12(25-16-8-7-14(10-20)9-15(16)19)17(23)22-18(24)21-11-13-5-3-2-4-6-13/h2-9,12H,11H2,1H3,(H2,21,22,23,24)/t12-/m1/s1. The van der Waals surface area contributed by atoms with Gasteiger partial charge in [-0.1, -0.05) is 41.9 Å². The van der Waals surface area contributed by atoms with E-state index in [-0.39, 0.29) is 10.8 Å². The van der Waals surface area contributed by atoms with Gasteiger partial charge in [-0.05, 0) is 30.7 Å². The van der Waals surface area contributed by atoms with E-state index in [4.69, 9.17) is 21.6 Å². The van der Waals surface area contributed by atoms with Crippen LogP contribution in [-0.2, 0) is 11.3 Å². The van der Waals surface area contributed by atoms with Crippen LogP contribution in [0.5, 0.6) is 5.75 Å². The maximum Gasteiger partial charge on any atom is 0.321 e. The topological polar surface area (TPSA) is 91.2 Å². The van der Waals surface area contributed by atoms with E-state index < -0.39 is 18.0 Å². The maximum atomic E-state index is 12.0. The number of carbonyl (C=O) groups is 2. The number of amides is 3. The summed E-state index contributed by atoms with van der Waals surface area (Å²) in [5.41, 5.74) is 1.30. The number of rotatable bonds is 5. The van der Waals surface area contributed by atoms with Gasteiger partial charge in [-0.2, -0.15) is 5.26 Å². The van der Waals surface area contributed by atoms with Crippen molar-refractivity contribution in [3.63, 3.8) is 0 Å². The molecular weight excluding hydrogens is 342 g/mol. The second-order valence-electron chi connectivity index (χ2n) is 5.17. The molecule has 0 heterocycles. The summed E-state index contributed by atoms with van der Waals surface area (Å²) in [6, 6.07) is 15.1. The molecule has 0 aliphatic carbocycles. The number of nitrogens with zero attached hydrogens (tertiary/aromatic N) is 1. The predicted octanol–water partition coefficient (Wildman–Crippen LogP) is 3.00. The molecule has 7 heteroatoms. The van der Waals surface area contributed by atoms with Crippen molar-refractivity contribution < 1.29 is 14.3 Å². The molecule has 6 nitrogen and oxygen atoms in total. The lowest BCUT2D eigenvalue weighted by Crippen LogP contribution is -2.44. The van der Waals surface area contributed by atoms with Gasteiger partial charge in [0.25, 0.3) is 5.91 Å². The van der Waals surface area contributed by atoms with Crippen LogP contribution in [0.3, 0.4) is 0 Å². The Labute approximate surface area is 150 Å². The Kier molecular flexibility index (Phi) is 6.38. The van der Waals surface area contributed by atoms with Crippen molar-refractivity contribution in [1.29, 1.82) is 5.26 Å². The molecule has 0 fully saturated rings. The van der Waals surface area contributed by atoms with Crippen molar-refractivity contribution in [3.8, 4) is 11.8 Å². The first kappa shape index (κ1) is 18.3. The number of carbonyl (C=O) groups excluding carboxylic acids is 2. The first-order valence-corrected chi connectivity index (χ1v) is 7.86. The fourth-order valence-corrected chi connectivity index (χ4v) is 2.17. The quantitative estimate of drug-likeness (QED) is 0.860. The van der Waals surface area contributed by atoms with E-state index in [1.54, 1.807) is 0 Å². The number of halogens is 1. The second kappa shape index (κ2) is 8.71. The number of benzene rings is 2. The van der Waals surface area contributed by atoms with Gasteiger partial charge in [-0.25, -0.2) is 4.79 Å². The first-order valence-electron chi connectivity index (χ1n) is 7.48. The molecule has 2 aromatic rings. The number of hydrogen-bond donors (Lipinski definition) is 2. The van der Waals surface area contributed by atoms with E-state index in [1.807, 2.05) is 36.4 Å². The van der Waals surface area contributed by atoms with Gasteiger partial charge in [0.1, 0.15) is 5.75 Å². The summed E-state index contributed by atoms with van der Waals surface area (Å²) in [5, 5.41) is 13.8. The number of ether oxygens (including phenoxy) is 1. The number of imide groups is 1. The van der Waals surface area contributed by atoms with Crippen LogP contribution in [0, 0.1) is 11.3 Å². The molecule has 0 bridgehead atoms. The summed E-state index contributed by atoms with van der Waals surface area (Å²) < 4.78 is 5.44. The van der Waals surface area contributed by atoms with Crippen LogP contribution in [-0.4, -0.2) is 18.0 Å². The average Bonchev–Trinajstić information content (AvgIpc) is 2.62. The summed E-state index contributed by atoms with van der Waals surface area (Å²) in [6.45, 7) is 1.80. The van der Waals surface area contributed by atoms with Crippen molar-refractivity contribution in [2.24, 2.45) is 0 Å². The Bertz CT molecular complexity index is 803. The predicted molar refractivity (Wildman–Crippen MR) is 93.1 cm³/mol. The molecule has 128 valence electrons. The van der Waals surface area contributed by atoms with Crippen molar-refractivity contribution >= 4 is 23.5 Å². The first-order chi connectivity index (χ1) is 12.0. The normalized spacial score (nSPS) is 11.1. The molecular formula is C18H16ClN3O3. The minimum Gasteiger partial charge on any atom is -0.479 e. The molecule has 0 saturated heterocycles. The van der Waals surface area contributed by atoms with Gasteiger partial charge in [0.05, 0.1) is 16.7 Å². The van der Waals surface area contributed by atoms with E-state index in [9.17, 15) is 9.59 Å². The fraction of sp³-hybridized carbons (Fsp3) is 0.167. The molecule has 2 rings (SSSR count). The van der Waals surface area contributed by atoms with Crippen LogP contribution in [0.1, 0.15) is 18.1 Å². The molecule has 2 aromatic carbocycles. The highest BCUT2D eigenvalue weighted by atomic mass is 35.5. The number of nitriles is 1. The van der Waals surface area contributed by atoms with Gasteiger partial charge in [-0.3, -0.25) is 10.1 Å². The fourth-order valence-electron chi connectivity index (χ4n) is 1.95. The van der Waals surface area contributed by atoms with Gasteiger partial charge in [0, 0.05) is 6.54 Å². The number of hydrogen-bond acceptors (Lipinski definition) is 4. The lowest BCUT2D eigenvalue weighted by Gasteiger charge is -2.15. The van der Waals surface area contributed by atoms with Gasteiger partial charge in [0.15, 0.2) is 6.10 Å². The number of nitrogens with one attached hydrogen (secondary N) is 2. The summed E-state index contributed by atoms with van der Waals surface area (Å²) in [6.07, 6.45) is -0.937. The molecule has 0 radical (unpaired) electrons. The van der Waals surface area contributed by atoms with Gasteiger partial charge >= 0.3 is 6.03 Å². The minimum atomic E-state index is -0.937. The zero-order valence-electron chi connectivity index (χ0n) is 13.5. The summed E-state index contributed by atoms with van der Waals surface area (Å²) in [5.74, 6) is -0.348. The molecule has 0 aliphatic heterocycles. The van der Waals surface area contributed by atoms with Crippen LogP contribution in [0.4, 0.5) is 4.79 Å². The van der Waals surface area contributed by atoms with Crippen LogP contribution >= 0.6 is 11.6 Å². The van der Waals surface area contributed by atoms with Crippen LogP contribution < -0.4 is 15.4 Å². The van der Waals surface area contributed by atoms with E-state index in [0.717, 1.165) is 5.56 Å². The number of urea groups is 1. The Balaban J connectivity index is 1.85. The summed E-state index contributed by atoms with van der Waals surface area (Å²) >= 11 is 5.99. The van der Waals surface area contributed by atoms with Crippen molar-refractivity contribution in [2.45, 2.75) is 19.6 Å². The molecule has 25 heavy (non-hydrogen) atoms. The molecule has 2 N–H and O–H groups in total. The second-order valence-corrected chi connectivity index (χ2v) is 5.58. The molecule has 0 saturated carbocycles. The zero-order valence-corrected chi connectivity index (χ0v) is 14.2.